The van der Waals surface area contributed by atoms with E-state index in [0.29, 0.717) is 23.9 Å². The number of aromatic amines is 1. The number of para-hydroxylation sites is 1. The van der Waals surface area contributed by atoms with Gasteiger partial charge in [-0.1, -0.05) is 57.9 Å². The van der Waals surface area contributed by atoms with Crippen LogP contribution in [0.4, 0.5) is 0 Å². The Hall–Kier alpha value is -2.47. The third-order valence-corrected chi connectivity index (χ3v) is 6.19. The molecule has 0 aliphatic rings. The van der Waals surface area contributed by atoms with Gasteiger partial charge in [0.15, 0.2) is 11.5 Å². The molecule has 0 saturated carbocycles. The molecule has 1 aromatic heterocycles. The highest BCUT2D eigenvalue weighted by atomic mass is 79.9. The van der Waals surface area contributed by atoms with Gasteiger partial charge in [0.25, 0.3) is 0 Å². The Balaban J connectivity index is 1.44. The average Bonchev–Trinajstić information content (AvgIpc) is 3.19. The van der Waals surface area contributed by atoms with Crippen LogP contribution in [-0.2, 0) is 19.6 Å². The molecule has 160 valence electrons. The number of H-pyrrole nitrogens is 1. The van der Waals surface area contributed by atoms with Crippen molar-refractivity contribution in [2.75, 3.05) is 13.7 Å². The van der Waals surface area contributed by atoms with E-state index in [0.717, 1.165) is 34.3 Å². The van der Waals surface area contributed by atoms with E-state index in [2.05, 4.69) is 50.6 Å². The van der Waals surface area contributed by atoms with Gasteiger partial charge >= 0.3 is 0 Å². The molecule has 0 aliphatic carbocycles. The van der Waals surface area contributed by atoms with Gasteiger partial charge in [0.2, 0.25) is 0 Å². The van der Waals surface area contributed by atoms with Crippen molar-refractivity contribution < 1.29 is 9.47 Å². The second-order valence-electron chi connectivity index (χ2n) is 7.26. The number of halogens is 2. The SMILES string of the molecule is COc1ccc(Br)c(CNCCc2c[nH]c3ccccc23)c1OCc1cccc(Cl)c1. The van der Waals surface area contributed by atoms with E-state index in [1.807, 2.05) is 42.5 Å². The Morgan fingerprint density at radius 2 is 1.94 bits per heavy atom. The highest BCUT2D eigenvalue weighted by molar-refractivity contribution is 9.10. The topological polar surface area (TPSA) is 46.3 Å². The summed E-state index contributed by atoms with van der Waals surface area (Å²) >= 11 is 9.77. The maximum atomic E-state index is 6.18. The fraction of sp³-hybridized carbons (Fsp3) is 0.200. The molecule has 0 aliphatic heterocycles. The zero-order valence-electron chi connectivity index (χ0n) is 17.3. The van der Waals surface area contributed by atoms with Gasteiger partial charge in [-0.05, 0) is 54.4 Å². The molecule has 1 heterocycles. The maximum absolute atomic E-state index is 6.18. The normalized spacial score (nSPS) is 11.1. The molecule has 4 rings (SSSR count). The molecule has 3 aromatic carbocycles. The lowest BCUT2D eigenvalue weighted by Gasteiger charge is -2.17. The quantitative estimate of drug-likeness (QED) is 0.258. The van der Waals surface area contributed by atoms with Crippen molar-refractivity contribution in [1.29, 1.82) is 0 Å². The van der Waals surface area contributed by atoms with Gasteiger partial charge in [-0.25, -0.2) is 0 Å². The molecule has 6 heteroatoms. The number of hydrogen-bond donors (Lipinski definition) is 2. The van der Waals surface area contributed by atoms with Gasteiger partial charge < -0.3 is 19.8 Å². The van der Waals surface area contributed by atoms with Crippen molar-refractivity contribution in [2.24, 2.45) is 0 Å². The Morgan fingerprint density at radius 3 is 2.77 bits per heavy atom. The van der Waals surface area contributed by atoms with Gasteiger partial charge in [-0.15, -0.1) is 0 Å². The zero-order chi connectivity index (χ0) is 21.6. The van der Waals surface area contributed by atoms with E-state index in [-0.39, 0.29) is 0 Å². The Labute approximate surface area is 195 Å². The predicted octanol–water partition coefficient (Wildman–Crippen LogP) is 6.50. The molecule has 0 fully saturated rings. The molecular formula is C25H24BrClN2O2. The average molecular weight is 500 g/mol. The number of benzene rings is 3. The molecular weight excluding hydrogens is 476 g/mol. The Morgan fingerprint density at radius 1 is 1.06 bits per heavy atom. The van der Waals surface area contributed by atoms with Crippen molar-refractivity contribution in [3.8, 4) is 11.5 Å². The maximum Gasteiger partial charge on any atom is 0.167 e. The molecule has 0 unspecified atom stereocenters. The highest BCUT2D eigenvalue weighted by Crippen LogP contribution is 2.37. The summed E-state index contributed by atoms with van der Waals surface area (Å²) in [5.41, 5.74) is 4.52. The second-order valence-corrected chi connectivity index (χ2v) is 8.55. The minimum Gasteiger partial charge on any atom is -0.493 e. The summed E-state index contributed by atoms with van der Waals surface area (Å²) in [6.07, 6.45) is 3.03. The smallest absolute Gasteiger partial charge is 0.167 e. The number of rotatable bonds is 9. The summed E-state index contributed by atoms with van der Waals surface area (Å²) in [4.78, 5) is 3.34. The molecule has 0 saturated heterocycles. The first-order valence-electron chi connectivity index (χ1n) is 10.1. The fourth-order valence-electron chi connectivity index (χ4n) is 3.62. The number of aromatic nitrogens is 1. The Kier molecular flexibility index (Phi) is 7.17. The minimum absolute atomic E-state index is 0.412. The van der Waals surface area contributed by atoms with Crippen LogP contribution in [0.15, 0.2) is 71.3 Å². The van der Waals surface area contributed by atoms with Crippen LogP contribution in [0.3, 0.4) is 0 Å². The lowest BCUT2D eigenvalue weighted by atomic mass is 10.1. The lowest BCUT2D eigenvalue weighted by molar-refractivity contribution is 0.280. The summed E-state index contributed by atoms with van der Waals surface area (Å²) in [5, 5.41) is 5.52. The highest BCUT2D eigenvalue weighted by Gasteiger charge is 2.15. The minimum atomic E-state index is 0.412. The van der Waals surface area contributed by atoms with Gasteiger partial charge in [-0.3, -0.25) is 0 Å². The third kappa shape index (κ3) is 5.24. The lowest BCUT2D eigenvalue weighted by Crippen LogP contribution is -2.18. The number of ether oxygens (including phenoxy) is 2. The number of methoxy groups -OCH3 is 1. The van der Waals surface area contributed by atoms with Crippen molar-refractivity contribution >= 4 is 38.4 Å². The van der Waals surface area contributed by atoms with E-state index in [1.54, 1.807) is 7.11 Å². The van der Waals surface area contributed by atoms with Crippen LogP contribution in [0.5, 0.6) is 11.5 Å². The second kappa shape index (κ2) is 10.2. The van der Waals surface area contributed by atoms with Crippen LogP contribution in [0.2, 0.25) is 5.02 Å². The van der Waals surface area contributed by atoms with E-state index < -0.39 is 0 Å². The molecule has 2 N–H and O–H groups in total. The van der Waals surface area contributed by atoms with Crippen LogP contribution >= 0.6 is 27.5 Å². The molecule has 0 atom stereocenters. The van der Waals surface area contributed by atoms with Crippen molar-refractivity contribution in [3.63, 3.8) is 0 Å². The molecule has 4 aromatic rings. The van der Waals surface area contributed by atoms with Crippen molar-refractivity contribution in [3.05, 3.63) is 93.0 Å². The predicted molar refractivity (Wildman–Crippen MR) is 130 cm³/mol. The van der Waals surface area contributed by atoms with Gasteiger partial charge in [0.05, 0.1) is 7.11 Å². The van der Waals surface area contributed by atoms with E-state index in [4.69, 9.17) is 21.1 Å². The number of nitrogens with one attached hydrogen (secondary N) is 2. The summed E-state index contributed by atoms with van der Waals surface area (Å²) in [5.74, 6) is 1.44. The first kappa shape index (κ1) is 21.8. The van der Waals surface area contributed by atoms with Crippen LogP contribution in [0.25, 0.3) is 10.9 Å². The first-order valence-corrected chi connectivity index (χ1v) is 11.3. The largest absolute Gasteiger partial charge is 0.493 e. The summed E-state index contributed by atoms with van der Waals surface area (Å²) in [6, 6.07) is 20.0. The van der Waals surface area contributed by atoms with Gasteiger partial charge in [0, 0.05) is 38.7 Å². The van der Waals surface area contributed by atoms with E-state index in [9.17, 15) is 0 Å². The third-order valence-electron chi connectivity index (χ3n) is 5.21. The number of hydrogen-bond acceptors (Lipinski definition) is 3. The molecule has 31 heavy (non-hydrogen) atoms. The van der Waals surface area contributed by atoms with Crippen LogP contribution in [-0.4, -0.2) is 18.6 Å². The summed E-state index contributed by atoms with van der Waals surface area (Å²) < 4.78 is 12.7. The summed E-state index contributed by atoms with van der Waals surface area (Å²) in [6.45, 7) is 1.92. The Bertz CT molecular complexity index is 1180. The molecule has 0 bridgehead atoms. The van der Waals surface area contributed by atoms with E-state index >= 15 is 0 Å². The molecule has 4 nitrogen and oxygen atoms in total. The van der Waals surface area contributed by atoms with Crippen LogP contribution in [0.1, 0.15) is 16.7 Å². The standard InChI is InChI=1S/C25H24BrClN2O2/c1-30-24-10-9-22(26)21(25(24)31-16-17-5-4-6-19(27)13-17)15-28-12-11-18-14-29-23-8-3-2-7-20(18)23/h2-10,13-14,28-29H,11-12,15-16H2,1H3. The molecule has 0 amide bonds. The monoisotopic (exact) mass is 498 g/mol. The van der Waals surface area contributed by atoms with Crippen molar-refractivity contribution in [1.82, 2.24) is 10.3 Å². The molecule has 0 radical (unpaired) electrons. The molecule has 0 spiro atoms. The zero-order valence-corrected chi connectivity index (χ0v) is 19.6. The van der Waals surface area contributed by atoms with Gasteiger partial charge in [0.1, 0.15) is 6.61 Å². The summed E-state index contributed by atoms with van der Waals surface area (Å²) in [7, 11) is 1.66. The number of fused-ring (bicyclic) bond motifs is 1. The van der Waals surface area contributed by atoms with Crippen LogP contribution in [0, 0.1) is 0 Å². The first-order chi connectivity index (χ1) is 15.2. The van der Waals surface area contributed by atoms with Crippen LogP contribution < -0.4 is 14.8 Å². The fourth-order valence-corrected chi connectivity index (χ4v) is 4.29. The van der Waals surface area contributed by atoms with E-state index in [1.165, 1.54) is 16.5 Å². The van der Waals surface area contributed by atoms with Gasteiger partial charge in [-0.2, -0.15) is 0 Å². The van der Waals surface area contributed by atoms with Crippen molar-refractivity contribution in [2.45, 2.75) is 19.6 Å².